The first-order valence-corrected chi connectivity index (χ1v) is 5.35. The number of nitrogens with zero attached hydrogens (tertiary/aromatic N) is 2. The molecular formula is C11H17N3O3. The average molecular weight is 239 g/mol. The summed E-state index contributed by atoms with van der Waals surface area (Å²) in [5.41, 5.74) is -1.09. The largest absolute Gasteiger partial charge is 0.480 e. The fraction of sp³-hybridized carbons (Fsp3) is 0.545. The van der Waals surface area contributed by atoms with E-state index in [0.29, 0.717) is 0 Å². The highest BCUT2D eigenvalue weighted by Gasteiger charge is 2.30. The van der Waals surface area contributed by atoms with Crippen LogP contribution in [0.15, 0.2) is 12.3 Å². The molecule has 0 saturated carbocycles. The van der Waals surface area contributed by atoms with Crippen LogP contribution in [0.25, 0.3) is 0 Å². The number of aromatic nitrogens is 2. The van der Waals surface area contributed by atoms with Gasteiger partial charge in [-0.25, -0.2) is 4.79 Å². The molecule has 1 rings (SSSR count). The number of carboxylic acid groups (broad SMARTS) is 1. The molecule has 17 heavy (non-hydrogen) atoms. The highest BCUT2D eigenvalue weighted by molar-refractivity contribution is 5.96. The highest BCUT2D eigenvalue weighted by atomic mass is 16.4. The molecule has 1 aromatic heterocycles. The molecule has 2 N–H and O–H groups in total. The molecule has 94 valence electrons. The van der Waals surface area contributed by atoms with Gasteiger partial charge in [-0.15, -0.1) is 0 Å². The Balaban J connectivity index is 2.80. The quantitative estimate of drug-likeness (QED) is 0.822. The first-order valence-electron chi connectivity index (χ1n) is 5.35. The zero-order valence-corrected chi connectivity index (χ0v) is 10.4. The molecule has 0 aromatic carbocycles. The lowest BCUT2D eigenvalue weighted by molar-refractivity contribution is -0.143. The summed E-state index contributed by atoms with van der Waals surface area (Å²) in [6.45, 7) is 6.73. The standard InChI is InChI=1S/C11H17N3O3/c1-7(2)14-6-5-8(13-14)9(15)12-11(3,4)10(16)17/h5-7H,1-4H3,(H,12,15)(H,16,17). The molecule has 0 fully saturated rings. The van der Waals surface area contributed by atoms with Crippen molar-refractivity contribution in [1.29, 1.82) is 0 Å². The van der Waals surface area contributed by atoms with Crippen molar-refractivity contribution in [3.63, 3.8) is 0 Å². The van der Waals surface area contributed by atoms with Gasteiger partial charge in [-0.2, -0.15) is 5.10 Å². The van der Waals surface area contributed by atoms with Gasteiger partial charge in [0.2, 0.25) is 0 Å². The minimum Gasteiger partial charge on any atom is -0.480 e. The van der Waals surface area contributed by atoms with Crippen molar-refractivity contribution in [3.8, 4) is 0 Å². The molecule has 0 unspecified atom stereocenters. The Kier molecular flexibility index (Phi) is 3.55. The van der Waals surface area contributed by atoms with Crippen LogP contribution in [0.3, 0.4) is 0 Å². The van der Waals surface area contributed by atoms with Gasteiger partial charge in [0.15, 0.2) is 0 Å². The van der Waals surface area contributed by atoms with Crippen LogP contribution in [0.4, 0.5) is 0 Å². The van der Waals surface area contributed by atoms with E-state index in [1.165, 1.54) is 13.8 Å². The molecule has 1 aromatic rings. The molecule has 0 saturated heterocycles. The molecule has 0 spiro atoms. The third kappa shape index (κ3) is 3.05. The molecule has 0 aliphatic heterocycles. The third-order valence-electron chi connectivity index (χ3n) is 2.33. The summed E-state index contributed by atoms with van der Waals surface area (Å²) >= 11 is 0. The Hall–Kier alpha value is -1.85. The van der Waals surface area contributed by atoms with Gasteiger partial charge in [0, 0.05) is 12.2 Å². The van der Waals surface area contributed by atoms with E-state index in [0.717, 1.165) is 0 Å². The number of rotatable bonds is 4. The predicted molar refractivity (Wildman–Crippen MR) is 61.8 cm³/mol. The Morgan fingerprint density at radius 1 is 1.47 bits per heavy atom. The van der Waals surface area contributed by atoms with Gasteiger partial charge in [0.1, 0.15) is 11.2 Å². The van der Waals surface area contributed by atoms with Gasteiger partial charge in [0.25, 0.3) is 5.91 Å². The van der Waals surface area contributed by atoms with Crippen molar-refractivity contribution in [2.45, 2.75) is 39.3 Å². The molecule has 1 heterocycles. The first kappa shape index (κ1) is 13.2. The van der Waals surface area contributed by atoms with E-state index in [4.69, 9.17) is 5.11 Å². The van der Waals surface area contributed by atoms with E-state index in [2.05, 4.69) is 10.4 Å². The second kappa shape index (κ2) is 4.57. The number of hydrogen-bond donors (Lipinski definition) is 2. The smallest absolute Gasteiger partial charge is 0.328 e. The van der Waals surface area contributed by atoms with Crippen LogP contribution in [-0.4, -0.2) is 32.3 Å². The van der Waals surface area contributed by atoms with E-state index in [-0.39, 0.29) is 11.7 Å². The Bertz CT molecular complexity index is 435. The fourth-order valence-electron chi connectivity index (χ4n) is 1.15. The van der Waals surface area contributed by atoms with Crippen molar-refractivity contribution in [1.82, 2.24) is 15.1 Å². The van der Waals surface area contributed by atoms with E-state index < -0.39 is 17.4 Å². The summed E-state index contributed by atoms with van der Waals surface area (Å²) < 4.78 is 1.64. The molecule has 0 radical (unpaired) electrons. The van der Waals surface area contributed by atoms with Crippen molar-refractivity contribution >= 4 is 11.9 Å². The fourth-order valence-corrected chi connectivity index (χ4v) is 1.15. The van der Waals surface area contributed by atoms with Crippen LogP contribution in [0, 0.1) is 0 Å². The van der Waals surface area contributed by atoms with Crippen molar-refractivity contribution in [2.75, 3.05) is 0 Å². The monoisotopic (exact) mass is 239 g/mol. The van der Waals surface area contributed by atoms with E-state index in [9.17, 15) is 9.59 Å². The van der Waals surface area contributed by atoms with Crippen LogP contribution < -0.4 is 5.32 Å². The second-order valence-corrected chi connectivity index (χ2v) is 4.66. The van der Waals surface area contributed by atoms with Gasteiger partial charge in [0.05, 0.1) is 0 Å². The minimum absolute atomic E-state index is 0.157. The summed E-state index contributed by atoms with van der Waals surface area (Å²) in [6.07, 6.45) is 1.69. The number of carbonyl (C=O) groups excluding carboxylic acids is 1. The summed E-state index contributed by atoms with van der Waals surface area (Å²) in [5.74, 6) is -1.58. The molecular weight excluding hydrogens is 222 g/mol. The van der Waals surface area contributed by atoms with E-state index in [1.807, 2.05) is 13.8 Å². The van der Waals surface area contributed by atoms with Gasteiger partial charge in [-0.3, -0.25) is 9.48 Å². The van der Waals surface area contributed by atoms with Gasteiger partial charge in [-0.1, -0.05) is 0 Å². The molecule has 0 aliphatic carbocycles. The van der Waals surface area contributed by atoms with Crippen LogP contribution in [0.1, 0.15) is 44.2 Å². The van der Waals surface area contributed by atoms with E-state index >= 15 is 0 Å². The highest BCUT2D eigenvalue weighted by Crippen LogP contribution is 2.07. The lowest BCUT2D eigenvalue weighted by Crippen LogP contribution is -2.49. The van der Waals surface area contributed by atoms with Crippen molar-refractivity contribution < 1.29 is 14.7 Å². The normalized spacial score (nSPS) is 11.6. The number of carboxylic acids is 1. The van der Waals surface area contributed by atoms with Crippen molar-refractivity contribution in [2.24, 2.45) is 0 Å². The van der Waals surface area contributed by atoms with Crippen LogP contribution >= 0.6 is 0 Å². The predicted octanol–water partition coefficient (Wildman–Crippen LogP) is 1.06. The summed E-state index contributed by atoms with van der Waals surface area (Å²) in [4.78, 5) is 22.6. The molecule has 6 nitrogen and oxygen atoms in total. The number of hydrogen-bond acceptors (Lipinski definition) is 3. The average Bonchev–Trinajstić information content (AvgIpc) is 2.65. The van der Waals surface area contributed by atoms with E-state index in [1.54, 1.807) is 16.9 Å². The molecule has 0 atom stereocenters. The number of carbonyl (C=O) groups is 2. The topological polar surface area (TPSA) is 84.2 Å². The van der Waals surface area contributed by atoms with Gasteiger partial charge in [-0.05, 0) is 33.8 Å². The van der Waals surface area contributed by atoms with Crippen molar-refractivity contribution in [3.05, 3.63) is 18.0 Å². The lowest BCUT2D eigenvalue weighted by Gasteiger charge is -2.20. The molecule has 0 aliphatic rings. The summed E-state index contributed by atoms with van der Waals surface area (Å²) in [7, 11) is 0. The maximum Gasteiger partial charge on any atom is 0.328 e. The zero-order chi connectivity index (χ0) is 13.2. The Morgan fingerprint density at radius 2 is 2.06 bits per heavy atom. The minimum atomic E-state index is -1.31. The lowest BCUT2D eigenvalue weighted by atomic mass is 10.1. The number of aliphatic carboxylic acids is 1. The van der Waals surface area contributed by atoms with Crippen LogP contribution in [-0.2, 0) is 4.79 Å². The van der Waals surface area contributed by atoms with Gasteiger partial charge < -0.3 is 10.4 Å². The third-order valence-corrected chi connectivity index (χ3v) is 2.33. The molecule has 0 bridgehead atoms. The van der Waals surface area contributed by atoms with Crippen LogP contribution in [0.2, 0.25) is 0 Å². The molecule has 1 amide bonds. The zero-order valence-electron chi connectivity index (χ0n) is 10.4. The number of nitrogens with one attached hydrogen (secondary N) is 1. The summed E-state index contributed by atoms with van der Waals surface area (Å²) in [6, 6.07) is 1.72. The van der Waals surface area contributed by atoms with Crippen LogP contribution in [0.5, 0.6) is 0 Å². The second-order valence-electron chi connectivity index (χ2n) is 4.66. The number of amides is 1. The Morgan fingerprint density at radius 3 is 2.47 bits per heavy atom. The first-order chi connectivity index (χ1) is 7.74. The van der Waals surface area contributed by atoms with Gasteiger partial charge >= 0.3 is 5.97 Å². The SMILES string of the molecule is CC(C)n1ccc(C(=O)NC(C)(C)C(=O)O)n1. The maximum absolute atomic E-state index is 11.8. The molecule has 6 heteroatoms. The summed E-state index contributed by atoms with van der Waals surface area (Å²) in [5, 5.41) is 15.4. The maximum atomic E-state index is 11.8. The Labute approximate surface area is 99.6 Å².